The first-order valence-corrected chi connectivity index (χ1v) is 15.5. The van der Waals surface area contributed by atoms with Crippen LogP contribution < -0.4 is 0 Å². The fourth-order valence-electron chi connectivity index (χ4n) is 2.71. The maximum atomic E-state index is 5.94. The molecule has 0 aliphatic carbocycles. The lowest BCUT2D eigenvalue weighted by Gasteiger charge is -2.18. The highest BCUT2D eigenvalue weighted by molar-refractivity contribution is 6.36. The lowest BCUT2D eigenvalue weighted by molar-refractivity contribution is -0.131. The third kappa shape index (κ3) is 21.5. The van der Waals surface area contributed by atoms with E-state index in [9.17, 15) is 0 Å². The number of hydrogen-bond acceptors (Lipinski definition) is 4. The molecule has 0 aliphatic rings. The summed E-state index contributed by atoms with van der Waals surface area (Å²) in [6.45, 7) is 12.2. The summed E-state index contributed by atoms with van der Waals surface area (Å²) in [5.41, 5.74) is 0. The zero-order valence-electron chi connectivity index (χ0n) is 20.5. The Kier molecular flexibility index (Phi) is 25.8. The first-order chi connectivity index (χ1) is 14.8. The van der Waals surface area contributed by atoms with Crippen LogP contribution in [0.25, 0.3) is 0 Å². The van der Waals surface area contributed by atoms with Crippen molar-refractivity contribution < 1.29 is 18.9 Å². The summed E-state index contributed by atoms with van der Waals surface area (Å²) >= 11 is 0. The van der Waals surface area contributed by atoms with Crippen LogP contribution in [0.3, 0.4) is 0 Å². The zero-order chi connectivity index (χ0) is 22.1. The van der Waals surface area contributed by atoms with Crippen LogP contribution in [0.4, 0.5) is 0 Å². The van der Waals surface area contributed by atoms with Crippen LogP contribution in [0, 0.1) is 0 Å². The van der Waals surface area contributed by atoms with E-state index in [-0.39, 0.29) is 12.6 Å². The van der Waals surface area contributed by atoms with Gasteiger partial charge in [-0.1, -0.05) is 78.3 Å². The van der Waals surface area contributed by atoms with E-state index in [0.717, 1.165) is 83.2 Å². The molecule has 0 aromatic carbocycles. The quantitative estimate of drug-likeness (QED) is 0.0859. The molecule has 0 unspecified atom stereocenters. The van der Waals surface area contributed by atoms with Crippen molar-refractivity contribution in [2.75, 3.05) is 26.4 Å². The second kappa shape index (κ2) is 25.5. The van der Waals surface area contributed by atoms with E-state index in [1.54, 1.807) is 0 Å². The SMILES string of the molecule is CCCCOC(C[Si]CCCC[Si]CC(OCCCC)OCCCC)OCCCC. The van der Waals surface area contributed by atoms with Gasteiger partial charge in [-0.15, -0.1) is 0 Å². The molecule has 178 valence electrons. The Morgan fingerprint density at radius 3 is 1.03 bits per heavy atom. The normalized spacial score (nSPS) is 11.8. The van der Waals surface area contributed by atoms with E-state index < -0.39 is 0 Å². The van der Waals surface area contributed by atoms with Gasteiger partial charge < -0.3 is 18.9 Å². The summed E-state index contributed by atoms with van der Waals surface area (Å²) < 4.78 is 23.8. The number of ether oxygens (including phenoxy) is 4. The molecule has 0 amide bonds. The third-order valence-corrected chi connectivity index (χ3v) is 7.44. The molecule has 0 aliphatic heterocycles. The molecule has 0 atom stereocenters. The van der Waals surface area contributed by atoms with Gasteiger partial charge in [-0.25, -0.2) is 0 Å². The largest absolute Gasteiger partial charge is 0.353 e. The van der Waals surface area contributed by atoms with E-state index in [4.69, 9.17) is 18.9 Å². The molecule has 0 aromatic rings. The summed E-state index contributed by atoms with van der Waals surface area (Å²) in [7, 11) is 1.89. The van der Waals surface area contributed by atoms with Crippen molar-refractivity contribution in [3.63, 3.8) is 0 Å². The Bertz CT molecular complexity index is 272. The maximum Gasteiger partial charge on any atom is 0.154 e. The highest BCUT2D eigenvalue weighted by Crippen LogP contribution is 2.11. The average molecular weight is 459 g/mol. The highest BCUT2D eigenvalue weighted by atomic mass is 28.2. The van der Waals surface area contributed by atoms with Crippen LogP contribution in [0.2, 0.25) is 24.2 Å². The van der Waals surface area contributed by atoms with E-state index in [2.05, 4.69) is 27.7 Å². The third-order valence-electron chi connectivity index (χ3n) is 4.79. The second-order valence-electron chi connectivity index (χ2n) is 7.87. The van der Waals surface area contributed by atoms with Gasteiger partial charge in [-0.05, 0) is 37.8 Å². The minimum atomic E-state index is 0.0182. The maximum absolute atomic E-state index is 5.94. The standard InChI is InChI=1S/C24H50O4Si2/c1-5-9-15-25-23(26-16-10-6-2)21-29-19-13-14-20-30-22-24(27-17-11-7-3)28-18-12-8-4/h23-24H,5-22H2,1-4H3. The van der Waals surface area contributed by atoms with Crippen LogP contribution in [-0.4, -0.2) is 58.0 Å². The van der Waals surface area contributed by atoms with Gasteiger partial charge >= 0.3 is 0 Å². The predicted molar refractivity (Wildman–Crippen MR) is 131 cm³/mol. The molecule has 0 rings (SSSR count). The fourth-order valence-corrected chi connectivity index (χ4v) is 5.06. The molecular weight excluding hydrogens is 408 g/mol. The Balaban J connectivity index is 3.79. The second-order valence-corrected chi connectivity index (χ2v) is 10.7. The smallest absolute Gasteiger partial charge is 0.154 e. The van der Waals surface area contributed by atoms with Crippen LogP contribution in [0.15, 0.2) is 0 Å². The zero-order valence-corrected chi connectivity index (χ0v) is 22.5. The van der Waals surface area contributed by atoms with E-state index in [1.807, 2.05) is 0 Å². The number of hydrogen-bond donors (Lipinski definition) is 0. The van der Waals surface area contributed by atoms with Gasteiger partial charge in [0.25, 0.3) is 0 Å². The molecule has 30 heavy (non-hydrogen) atoms. The van der Waals surface area contributed by atoms with Crippen molar-refractivity contribution in [2.45, 2.75) is 129 Å². The Morgan fingerprint density at radius 1 is 0.467 bits per heavy atom. The van der Waals surface area contributed by atoms with Crippen LogP contribution >= 0.6 is 0 Å². The Hall–Kier alpha value is 0.274. The lowest BCUT2D eigenvalue weighted by atomic mass is 10.3. The molecule has 0 saturated heterocycles. The van der Waals surface area contributed by atoms with Crippen molar-refractivity contribution in [1.82, 2.24) is 0 Å². The first kappa shape index (κ1) is 30.3. The molecule has 0 bridgehead atoms. The van der Waals surface area contributed by atoms with Crippen molar-refractivity contribution in [3.05, 3.63) is 0 Å². The van der Waals surface area contributed by atoms with Crippen LogP contribution in [0.5, 0.6) is 0 Å². The molecule has 0 spiro atoms. The molecule has 4 nitrogen and oxygen atoms in total. The van der Waals surface area contributed by atoms with Gasteiger partial charge in [0.2, 0.25) is 0 Å². The minimum Gasteiger partial charge on any atom is -0.353 e. The summed E-state index contributed by atoms with van der Waals surface area (Å²) in [5, 5.41) is 0. The Morgan fingerprint density at radius 2 is 0.767 bits per heavy atom. The predicted octanol–water partition coefficient (Wildman–Crippen LogP) is 6.77. The number of rotatable bonds is 25. The van der Waals surface area contributed by atoms with E-state index in [0.29, 0.717) is 0 Å². The number of unbranched alkanes of at least 4 members (excludes halogenated alkanes) is 5. The summed E-state index contributed by atoms with van der Waals surface area (Å²) in [6.07, 6.45) is 11.9. The van der Waals surface area contributed by atoms with Gasteiger partial charge in [0, 0.05) is 45.5 Å². The molecule has 0 N–H and O–H groups in total. The van der Waals surface area contributed by atoms with Crippen molar-refractivity contribution in [3.8, 4) is 0 Å². The van der Waals surface area contributed by atoms with E-state index in [1.165, 1.54) is 50.6 Å². The van der Waals surface area contributed by atoms with E-state index >= 15 is 0 Å². The lowest BCUT2D eigenvalue weighted by Crippen LogP contribution is -2.20. The molecule has 0 heterocycles. The monoisotopic (exact) mass is 458 g/mol. The Labute approximate surface area is 193 Å². The van der Waals surface area contributed by atoms with Gasteiger partial charge in [0.15, 0.2) is 12.6 Å². The summed E-state index contributed by atoms with van der Waals surface area (Å²) in [4.78, 5) is 0. The van der Waals surface area contributed by atoms with Gasteiger partial charge in [0.05, 0.1) is 0 Å². The summed E-state index contributed by atoms with van der Waals surface area (Å²) in [6, 6.07) is 4.74. The molecule has 0 aromatic heterocycles. The average Bonchev–Trinajstić information content (AvgIpc) is 2.75. The molecule has 6 heteroatoms. The van der Waals surface area contributed by atoms with Gasteiger partial charge in [-0.3, -0.25) is 0 Å². The molecular formula is C24H50O4Si2. The minimum absolute atomic E-state index is 0.0182. The molecule has 0 fully saturated rings. The fraction of sp³-hybridized carbons (Fsp3) is 1.00. The first-order valence-electron chi connectivity index (χ1n) is 12.7. The van der Waals surface area contributed by atoms with Crippen LogP contribution in [0.1, 0.15) is 91.9 Å². The molecule has 4 radical (unpaired) electrons. The van der Waals surface area contributed by atoms with Gasteiger partial charge in [0.1, 0.15) is 0 Å². The highest BCUT2D eigenvalue weighted by Gasteiger charge is 2.11. The molecule has 0 saturated carbocycles. The topological polar surface area (TPSA) is 36.9 Å². The van der Waals surface area contributed by atoms with Crippen molar-refractivity contribution in [1.29, 1.82) is 0 Å². The summed E-state index contributed by atoms with van der Waals surface area (Å²) in [5.74, 6) is 0. The van der Waals surface area contributed by atoms with Crippen molar-refractivity contribution in [2.24, 2.45) is 0 Å². The van der Waals surface area contributed by atoms with Crippen LogP contribution in [-0.2, 0) is 18.9 Å². The van der Waals surface area contributed by atoms with Crippen molar-refractivity contribution >= 4 is 19.0 Å². The van der Waals surface area contributed by atoms with Gasteiger partial charge in [-0.2, -0.15) is 0 Å².